The average Bonchev–Trinajstić information content (AvgIpc) is 3.01. The lowest BCUT2D eigenvalue weighted by Gasteiger charge is -2.21. The molecule has 0 saturated carbocycles. The van der Waals surface area contributed by atoms with E-state index in [0.29, 0.717) is 18.9 Å². The Bertz CT molecular complexity index is 514. The van der Waals surface area contributed by atoms with Gasteiger partial charge in [0.2, 0.25) is 0 Å². The third kappa shape index (κ3) is 6.35. The van der Waals surface area contributed by atoms with Crippen LogP contribution in [-0.2, 0) is 4.74 Å². The molecule has 1 fully saturated rings. The van der Waals surface area contributed by atoms with Crippen molar-refractivity contribution in [1.82, 2.24) is 10.6 Å². The van der Waals surface area contributed by atoms with Gasteiger partial charge in [-0.1, -0.05) is 0 Å². The first-order valence-electron chi connectivity index (χ1n) is 8.66. The minimum atomic E-state index is -0.254. The van der Waals surface area contributed by atoms with Gasteiger partial charge in [0.05, 0.1) is 18.8 Å². The molecule has 1 heterocycles. The van der Waals surface area contributed by atoms with Gasteiger partial charge >= 0.3 is 0 Å². The van der Waals surface area contributed by atoms with Crippen LogP contribution in [-0.4, -0.2) is 44.4 Å². The fraction of sp³-hybridized carbons (Fsp3) is 0.611. The van der Waals surface area contributed by atoms with Crippen molar-refractivity contribution in [3.63, 3.8) is 0 Å². The predicted octanol–water partition coefficient (Wildman–Crippen LogP) is 2.72. The summed E-state index contributed by atoms with van der Waals surface area (Å²) in [7, 11) is 0. The summed E-state index contributed by atoms with van der Waals surface area (Å²) in [6.07, 6.45) is 2.99. The summed E-state index contributed by atoms with van der Waals surface area (Å²) in [4.78, 5) is 4.62. The van der Waals surface area contributed by atoms with E-state index < -0.39 is 0 Å². The summed E-state index contributed by atoms with van der Waals surface area (Å²) in [5, 5.41) is 6.54. The number of benzene rings is 1. The van der Waals surface area contributed by atoms with E-state index in [0.717, 1.165) is 44.9 Å². The number of halogens is 1. The molecular weight excluding hydrogens is 309 g/mol. The molecular formula is C18H28FN3O2. The van der Waals surface area contributed by atoms with E-state index >= 15 is 0 Å². The van der Waals surface area contributed by atoms with Gasteiger partial charge in [0.15, 0.2) is 5.96 Å². The summed E-state index contributed by atoms with van der Waals surface area (Å²) in [6.45, 7) is 7.79. The monoisotopic (exact) mass is 337 g/mol. The van der Waals surface area contributed by atoms with E-state index in [1.807, 2.05) is 6.92 Å². The standard InChI is InChI=1S/C18H28FN3O2/c1-3-20-17(22-14-18(2)10-4-13-24-18)21-11-5-12-23-16-8-6-15(19)7-9-16/h6-9H,3-5,10-14H2,1-2H3,(H2,20,21,22). The Morgan fingerprint density at radius 1 is 1.33 bits per heavy atom. The Kier molecular flexibility index (Phi) is 7.31. The van der Waals surface area contributed by atoms with Gasteiger partial charge in [-0.2, -0.15) is 0 Å². The van der Waals surface area contributed by atoms with E-state index in [1.165, 1.54) is 12.1 Å². The minimum absolute atomic E-state index is 0.131. The zero-order valence-electron chi connectivity index (χ0n) is 14.6. The predicted molar refractivity (Wildman–Crippen MR) is 94.1 cm³/mol. The number of nitrogens with zero attached hydrogens (tertiary/aromatic N) is 1. The molecule has 2 N–H and O–H groups in total. The van der Waals surface area contributed by atoms with Crippen LogP contribution in [0.3, 0.4) is 0 Å². The number of ether oxygens (including phenoxy) is 2. The van der Waals surface area contributed by atoms with Crippen LogP contribution in [0.25, 0.3) is 0 Å². The van der Waals surface area contributed by atoms with Gasteiger partial charge in [-0.15, -0.1) is 0 Å². The SMILES string of the molecule is CCNC(=NCC1(C)CCCO1)NCCCOc1ccc(F)cc1. The van der Waals surface area contributed by atoms with Crippen LogP contribution in [0.15, 0.2) is 29.3 Å². The van der Waals surface area contributed by atoms with Crippen molar-refractivity contribution in [2.75, 3.05) is 32.8 Å². The molecule has 1 aliphatic heterocycles. The van der Waals surface area contributed by atoms with Crippen molar-refractivity contribution in [1.29, 1.82) is 0 Å². The summed E-state index contributed by atoms with van der Waals surface area (Å²) in [6, 6.07) is 6.07. The van der Waals surface area contributed by atoms with Crippen molar-refractivity contribution in [3.8, 4) is 5.75 Å². The van der Waals surface area contributed by atoms with E-state index in [4.69, 9.17) is 9.47 Å². The third-order valence-electron chi connectivity index (χ3n) is 3.91. The van der Waals surface area contributed by atoms with Gasteiger partial charge in [-0.25, -0.2) is 4.39 Å². The second-order valence-electron chi connectivity index (χ2n) is 6.18. The molecule has 0 bridgehead atoms. The Morgan fingerprint density at radius 2 is 2.12 bits per heavy atom. The Balaban J connectivity index is 1.68. The van der Waals surface area contributed by atoms with Crippen molar-refractivity contribution >= 4 is 5.96 Å². The van der Waals surface area contributed by atoms with E-state index in [-0.39, 0.29) is 11.4 Å². The zero-order chi connectivity index (χ0) is 17.3. The average molecular weight is 337 g/mol. The highest BCUT2D eigenvalue weighted by molar-refractivity contribution is 5.79. The number of hydrogen-bond acceptors (Lipinski definition) is 3. The minimum Gasteiger partial charge on any atom is -0.494 e. The number of rotatable bonds is 8. The molecule has 134 valence electrons. The molecule has 0 aliphatic carbocycles. The Morgan fingerprint density at radius 3 is 2.79 bits per heavy atom. The first-order chi connectivity index (χ1) is 11.6. The van der Waals surface area contributed by atoms with Gasteiger partial charge < -0.3 is 20.1 Å². The smallest absolute Gasteiger partial charge is 0.191 e. The molecule has 1 atom stereocenters. The maximum atomic E-state index is 12.8. The van der Waals surface area contributed by atoms with E-state index in [9.17, 15) is 4.39 Å². The van der Waals surface area contributed by atoms with Crippen LogP contribution in [0.5, 0.6) is 5.75 Å². The van der Waals surface area contributed by atoms with Crippen LogP contribution < -0.4 is 15.4 Å². The number of nitrogens with one attached hydrogen (secondary N) is 2. The second kappa shape index (κ2) is 9.47. The van der Waals surface area contributed by atoms with Crippen LogP contribution in [0.1, 0.15) is 33.1 Å². The zero-order valence-corrected chi connectivity index (χ0v) is 14.6. The van der Waals surface area contributed by atoms with Gasteiger partial charge in [-0.3, -0.25) is 4.99 Å². The lowest BCUT2D eigenvalue weighted by molar-refractivity contribution is 0.0283. The molecule has 1 unspecified atom stereocenters. The lowest BCUT2D eigenvalue weighted by atomic mass is 10.0. The van der Waals surface area contributed by atoms with Crippen molar-refractivity contribution in [2.24, 2.45) is 4.99 Å². The van der Waals surface area contributed by atoms with E-state index in [1.54, 1.807) is 12.1 Å². The summed E-state index contributed by atoms with van der Waals surface area (Å²) in [5.41, 5.74) is -0.131. The molecule has 2 rings (SSSR count). The van der Waals surface area contributed by atoms with Crippen molar-refractivity contribution in [3.05, 3.63) is 30.1 Å². The van der Waals surface area contributed by atoms with Crippen molar-refractivity contribution < 1.29 is 13.9 Å². The molecule has 0 amide bonds. The molecule has 0 aromatic heterocycles. The summed E-state index contributed by atoms with van der Waals surface area (Å²) < 4.78 is 24.1. The van der Waals surface area contributed by atoms with Gasteiger partial charge in [-0.05, 0) is 57.4 Å². The molecule has 1 aromatic carbocycles. The molecule has 0 radical (unpaired) electrons. The Hall–Kier alpha value is -1.82. The second-order valence-corrected chi connectivity index (χ2v) is 6.18. The van der Waals surface area contributed by atoms with Gasteiger partial charge in [0, 0.05) is 19.7 Å². The fourth-order valence-corrected chi connectivity index (χ4v) is 2.55. The van der Waals surface area contributed by atoms with Gasteiger partial charge in [0.1, 0.15) is 11.6 Å². The highest BCUT2D eigenvalue weighted by Gasteiger charge is 2.29. The summed E-state index contributed by atoms with van der Waals surface area (Å²) >= 11 is 0. The number of aliphatic imine (C=N–C) groups is 1. The molecule has 5 nitrogen and oxygen atoms in total. The highest BCUT2D eigenvalue weighted by atomic mass is 19.1. The van der Waals surface area contributed by atoms with Crippen LogP contribution in [0.2, 0.25) is 0 Å². The quantitative estimate of drug-likeness (QED) is 0.435. The topological polar surface area (TPSA) is 54.9 Å². The number of hydrogen-bond donors (Lipinski definition) is 2. The van der Waals surface area contributed by atoms with Crippen LogP contribution >= 0.6 is 0 Å². The van der Waals surface area contributed by atoms with Crippen LogP contribution in [0, 0.1) is 5.82 Å². The maximum absolute atomic E-state index is 12.8. The first kappa shape index (κ1) is 18.5. The molecule has 6 heteroatoms. The largest absolute Gasteiger partial charge is 0.494 e. The fourth-order valence-electron chi connectivity index (χ4n) is 2.55. The molecule has 0 spiro atoms. The normalized spacial score (nSPS) is 20.9. The number of guanidine groups is 1. The van der Waals surface area contributed by atoms with Crippen molar-refractivity contribution in [2.45, 2.75) is 38.7 Å². The molecule has 1 saturated heterocycles. The molecule has 1 aromatic rings. The summed E-state index contributed by atoms with van der Waals surface area (Å²) in [5.74, 6) is 1.23. The van der Waals surface area contributed by atoms with E-state index in [2.05, 4.69) is 22.5 Å². The lowest BCUT2D eigenvalue weighted by Crippen LogP contribution is -2.39. The first-order valence-corrected chi connectivity index (χ1v) is 8.66. The Labute approximate surface area is 143 Å². The van der Waals surface area contributed by atoms with Gasteiger partial charge in [0.25, 0.3) is 0 Å². The van der Waals surface area contributed by atoms with Crippen LogP contribution in [0.4, 0.5) is 4.39 Å². The third-order valence-corrected chi connectivity index (χ3v) is 3.91. The molecule has 1 aliphatic rings. The maximum Gasteiger partial charge on any atom is 0.191 e. The highest BCUT2D eigenvalue weighted by Crippen LogP contribution is 2.24. The molecule has 24 heavy (non-hydrogen) atoms.